The Morgan fingerprint density at radius 1 is 1.18 bits per heavy atom. The molecule has 0 fully saturated rings. The van der Waals surface area contributed by atoms with E-state index >= 15 is 0 Å². The zero-order valence-electron chi connectivity index (χ0n) is 9.71. The van der Waals surface area contributed by atoms with Gasteiger partial charge in [0.1, 0.15) is 0 Å². The third-order valence-electron chi connectivity index (χ3n) is 3.12. The van der Waals surface area contributed by atoms with E-state index in [1.54, 1.807) is 12.1 Å². The number of benzene rings is 1. The van der Waals surface area contributed by atoms with Gasteiger partial charge in [-0.15, -0.1) is 0 Å². The molecule has 0 atom stereocenters. The number of aryl methyl sites for hydroxylation is 1. The summed E-state index contributed by atoms with van der Waals surface area (Å²) in [6, 6.07) is 7.22. The summed E-state index contributed by atoms with van der Waals surface area (Å²) < 4.78 is 0. The minimum atomic E-state index is 0.0464. The van der Waals surface area contributed by atoms with Crippen LogP contribution in [0.1, 0.15) is 19.0 Å². The van der Waals surface area contributed by atoms with Crippen molar-refractivity contribution in [2.75, 3.05) is 0 Å². The van der Waals surface area contributed by atoms with E-state index in [1.165, 1.54) is 11.1 Å². The first-order valence-corrected chi connectivity index (χ1v) is 5.91. The Morgan fingerprint density at radius 2 is 2.06 bits per heavy atom. The molecule has 3 heteroatoms. The predicted octanol–water partition coefficient (Wildman–Crippen LogP) is 2.96. The van der Waals surface area contributed by atoms with Gasteiger partial charge in [0.15, 0.2) is 5.43 Å². The highest BCUT2D eigenvalue weighted by Crippen LogP contribution is 2.25. The molecule has 3 nitrogen and oxygen atoms in total. The van der Waals surface area contributed by atoms with Crippen molar-refractivity contribution in [2.45, 2.75) is 19.8 Å². The molecule has 0 bridgehead atoms. The van der Waals surface area contributed by atoms with Crippen LogP contribution in [-0.2, 0) is 6.42 Å². The van der Waals surface area contributed by atoms with Crippen LogP contribution in [0.25, 0.3) is 21.8 Å². The molecule has 2 aromatic heterocycles. The van der Waals surface area contributed by atoms with Crippen LogP contribution in [0.15, 0.2) is 35.3 Å². The van der Waals surface area contributed by atoms with Crippen LogP contribution in [0.2, 0.25) is 0 Å². The summed E-state index contributed by atoms with van der Waals surface area (Å²) in [7, 11) is 0. The number of rotatable bonds is 2. The topological polar surface area (TPSA) is 48.6 Å². The van der Waals surface area contributed by atoms with Crippen molar-refractivity contribution in [1.82, 2.24) is 9.97 Å². The molecule has 0 aliphatic rings. The Morgan fingerprint density at radius 3 is 2.88 bits per heavy atom. The molecule has 3 rings (SSSR count). The molecule has 0 unspecified atom stereocenters. The van der Waals surface area contributed by atoms with Gasteiger partial charge in [0.05, 0.1) is 11.0 Å². The lowest BCUT2D eigenvalue weighted by molar-refractivity contribution is 0.890. The van der Waals surface area contributed by atoms with E-state index in [1.807, 2.05) is 12.3 Å². The molecule has 0 radical (unpaired) electrons. The highest BCUT2D eigenvalue weighted by atomic mass is 16.1. The minimum Gasteiger partial charge on any atom is -0.363 e. The zero-order valence-corrected chi connectivity index (χ0v) is 9.71. The van der Waals surface area contributed by atoms with E-state index < -0.39 is 0 Å². The smallest absolute Gasteiger partial charge is 0.180 e. The Labute approximate surface area is 98.5 Å². The molecular formula is C14H14N2O. The standard InChI is InChI=1S/C14H14N2O/c1-2-3-12-14-11(6-7-15-12)10-5-4-9(17)8-13(10)16-14/h4-8,15-16H,2-3H2,1H3. The largest absolute Gasteiger partial charge is 0.363 e. The Kier molecular flexibility index (Phi) is 2.25. The SMILES string of the molecule is CCCc1[nH]ccc2c1[nH]c1cc(=O)ccc12. The van der Waals surface area contributed by atoms with E-state index in [-0.39, 0.29) is 5.43 Å². The number of aromatic amines is 2. The Hall–Kier alpha value is -2.03. The van der Waals surface area contributed by atoms with Crippen molar-refractivity contribution in [3.05, 3.63) is 46.4 Å². The molecule has 1 aromatic carbocycles. The van der Waals surface area contributed by atoms with Crippen molar-refractivity contribution >= 4 is 21.8 Å². The monoisotopic (exact) mass is 226 g/mol. The van der Waals surface area contributed by atoms with Gasteiger partial charge < -0.3 is 9.97 Å². The second-order valence-electron chi connectivity index (χ2n) is 4.33. The minimum absolute atomic E-state index is 0.0464. The summed E-state index contributed by atoms with van der Waals surface area (Å²) >= 11 is 0. The second kappa shape index (κ2) is 3.77. The van der Waals surface area contributed by atoms with Gasteiger partial charge >= 0.3 is 0 Å². The van der Waals surface area contributed by atoms with Crippen LogP contribution in [0.3, 0.4) is 0 Å². The molecule has 0 aliphatic carbocycles. The van der Waals surface area contributed by atoms with Crippen molar-refractivity contribution in [1.29, 1.82) is 0 Å². The van der Waals surface area contributed by atoms with Crippen molar-refractivity contribution in [2.24, 2.45) is 0 Å². The van der Waals surface area contributed by atoms with Gasteiger partial charge in [0.25, 0.3) is 0 Å². The number of nitrogens with one attached hydrogen (secondary N) is 2. The molecule has 17 heavy (non-hydrogen) atoms. The Balaban J connectivity index is 2.41. The highest BCUT2D eigenvalue weighted by Gasteiger charge is 2.07. The van der Waals surface area contributed by atoms with E-state index in [0.29, 0.717) is 0 Å². The number of hydrogen-bond donors (Lipinski definition) is 2. The van der Waals surface area contributed by atoms with E-state index in [0.717, 1.165) is 29.3 Å². The van der Waals surface area contributed by atoms with Gasteiger partial charge in [-0.2, -0.15) is 0 Å². The average Bonchev–Trinajstić information content (AvgIpc) is 2.68. The quantitative estimate of drug-likeness (QED) is 0.693. The predicted molar refractivity (Wildman–Crippen MR) is 70.4 cm³/mol. The third kappa shape index (κ3) is 1.55. The van der Waals surface area contributed by atoms with Crippen molar-refractivity contribution in [3.8, 4) is 0 Å². The summed E-state index contributed by atoms with van der Waals surface area (Å²) in [5, 5.41) is 2.30. The summed E-state index contributed by atoms with van der Waals surface area (Å²) in [5.74, 6) is 0. The highest BCUT2D eigenvalue weighted by molar-refractivity contribution is 6.07. The van der Waals surface area contributed by atoms with Crippen LogP contribution >= 0.6 is 0 Å². The normalized spacial score (nSPS) is 11.4. The molecule has 0 aliphatic heterocycles. The van der Waals surface area contributed by atoms with Crippen molar-refractivity contribution in [3.63, 3.8) is 0 Å². The van der Waals surface area contributed by atoms with E-state index in [2.05, 4.69) is 23.0 Å². The van der Waals surface area contributed by atoms with Gasteiger partial charge in [-0.3, -0.25) is 4.79 Å². The fourth-order valence-electron chi connectivity index (χ4n) is 2.35. The summed E-state index contributed by atoms with van der Waals surface area (Å²) in [5.41, 5.74) is 3.29. The summed E-state index contributed by atoms with van der Waals surface area (Å²) in [6.07, 6.45) is 4.07. The molecule has 2 N–H and O–H groups in total. The molecule has 0 saturated heterocycles. The van der Waals surface area contributed by atoms with Gasteiger partial charge in [-0.1, -0.05) is 13.3 Å². The first kappa shape index (κ1) is 10.1. The summed E-state index contributed by atoms with van der Waals surface area (Å²) in [6.45, 7) is 2.16. The van der Waals surface area contributed by atoms with Crippen LogP contribution in [0, 0.1) is 0 Å². The molecule has 0 spiro atoms. The zero-order chi connectivity index (χ0) is 11.8. The number of H-pyrrole nitrogens is 2. The van der Waals surface area contributed by atoms with Crippen LogP contribution in [0.4, 0.5) is 0 Å². The third-order valence-corrected chi connectivity index (χ3v) is 3.12. The lowest BCUT2D eigenvalue weighted by Gasteiger charge is -2.00. The van der Waals surface area contributed by atoms with Crippen LogP contribution in [0.5, 0.6) is 0 Å². The number of fused-ring (bicyclic) bond motifs is 3. The second-order valence-corrected chi connectivity index (χ2v) is 4.33. The summed E-state index contributed by atoms with van der Waals surface area (Å²) in [4.78, 5) is 18.0. The van der Waals surface area contributed by atoms with Crippen molar-refractivity contribution < 1.29 is 0 Å². The molecule has 0 amide bonds. The molecule has 3 aromatic rings. The molecular weight excluding hydrogens is 212 g/mol. The molecule has 86 valence electrons. The maximum atomic E-state index is 11.3. The van der Waals surface area contributed by atoms with Gasteiger partial charge in [0.2, 0.25) is 0 Å². The number of pyridine rings is 1. The van der Waals surface area contributed by atoms with Gasteiger partial charge in [-0.05, 0) is 24.6 Å². The lowest BCUT2D eigenvalue weighted by atomic mass is 10.1. The number of hydrogen-bond acceptors (Lipinski definition) is 1. The van der Waals surface area contributed by atoms with Crippen LogP contribution < -0.4 is 5.43 Å². The fraction of sp³-hybridized carbons (Fsp3) is 0.214. The number of aromatic nitrogens is 2. The maximum Gasteiger partial charge on any atom is 0.180 e. The first-order chi connectivity index (χ1) is 8.29. The first-order valence-electron chi connectivity index (χ1n) is 5.91. The fourth-order valence-corrected chi connectivity index (χ4v) is 2.35. The Bertz CT molecular complexity index is 737. The lowest BCUT2D eigenvalue weighted by Crippen LogP contribution is -1.93. The molecule has 2 heterocycles. The van der Waals surface area contributed by atoms with Gasteiger partial charge in [-0.25, -0.2) is 0 Å². The van der Waals surface area contributed by atoms with Crippen LogP contribution in [-0.4, -0.2) is 9.97 Å². The maximum absolute atomic E-state index is 11.3. The molecule has 0 saturated carbocycles. The van der Waals surface area contributed by atoms with E-state index in [9.17, 15) is 4.79 Å². The average molecular weight is 226 g/mol. The van der Waals surface area contributed by atoms with Gasteiger partial charge in [0, 0.05) is 28.7 Å². The van der Waals surface area contributed by atoms with E-state index in [4.69, 9.17) is 0 Å².